The molecule has 0 aromatic heterocycles. The summed E-state index contributed by atoms with van der Waals surface area (Å²) in [6.07, 6.45) is 1.15. The maximum atomic E-state index is 11.7. The lowest BCUT2D eigenvalue weighted by atomic mass is 9.94. The molecule has 1 aromatic carbocycles. The minimum absolute atomic E-state index is 0.287. The Morgan fingerprint density at radius 1 is 1.40 bits per heavy atom. The van der Waals surface area contributed by atoms with Crippen LogP contribution in [0.15, 0.2) is 24.3 Å². The quantitative estimate of drug-likeness (QED) is 0.847. The van der Waals surface area contributed by atoms with Gasteiger partial charge in [0.25, 0.3) is 0 Å². The fourth-order valence-electron chi connectivity index (χ4n) is 1.74. The van der Waals surface area contributed by atoms with E-state index in [4.69, 9.17) is 11.6 Å². The van der Waals surface area contributed by atoms with Gasteiger partial charge in [-0.15, -0.1) is 0 Å². The third kappa shape index (κ3) is 2.80. The Labute approximate surface area is 94.6 Å². The van der Waals surface area contributed by atoms with Crippen LogP contribution in [-0.2, 0) is 11.2 Å². The first-order valence-corrected chi connectivity index (χ1v) is 5.59. The number of benzene rings is 1. The van der Waals surface area contributed by atoms with Crippen molar-refractivity contribution in [3.8, 4) is 0 Å². The van der Waals surface area contributed by atoms with E-state index in [-0.39, 0.29) is 5.78 Å². The molecule has 3 heteroatoms. The molecule has 0 aliphatic carbocycles. The van der Waals surface area contributed by atoms with E-state index in [1.807, 2.05) is 24.3 Å². The molecule has 1 aliphatic heterocycles. The summed E-state index contributed by atoms with van der Waals surface area (Å²) >= 11 is 5.99. The van der Waals surface area contributed by atoms with Crippen molar-refractivity contribution in [1.29, 1.82) is 0 Å². The molecule has 0 bridgehead atoms. The smallest absolute Gasteiger partial charge is 0.137 e. The SMILES string of the molecule is O=C(Cc1ccccc1Cl)CC1CNC1. The summed E-state index contributed by atoms with van der Waals surface area (Å²) < 4.78 is 0. The second kappa shape index (κ2) is 4.77. The van der Waals surface area contributed by atoms with Crippen LogP contribution in [0.5, 0.6) is 0 Å². The molecule has 0 radical (unpaired) electrons. The van der Waals surface area contributed by atoms with Crippen molar-refractivity contribution >= 4 is 17.4 Å². The molecule has 0 amide bonds. The van der Waals surface area contributed by atoms with E-state index >= 15 is 0 Å². The van der Waals surface area contributed by atoms with Crippen LogP contribution < -0.4 is 5.32 Å². The average molecular weight is 224 g/mol. The first kappa shape index (κ1) is 10.7. The molecule has 0 unspecified atom stereocenters. The standard InChI is InChI=1S/C12H14ClNO/c13-12-4-2-1-3-10(12)6-11(15)5-9-7-14-8-9/h1-4,9,14H,5-8H2. The summed E-state index contributed by atoms with van der Waals surface area (Å²) in [5, 5.41) is 3.86. The van der Waals surface area contributed by atoms with Crippen molar-refractivity contribution in [2.24, 2.45) is 5.92 Å². The highest BCUT2D eigenvalue weighted by Crippen LogP contribution is 2.17. The molecule has 1 aliphatic rings. The molecule has 1 heterocycles. The van der Waals surface area contributed by atoms with Crippen LogP contribution in [0.3, 0.4) is 0 Å². The number of Topliss-reactive ketones (excluding diaryl/α,β-unsaturated/α-hetero) is 1. The summed E-state index contributed by atoms with van der Waals surface area (Å²) in [5.41, 5.74) is 0.941. The second-order valence-corrected chi connectivity index (χ2v) is 4.44. The molecular weight excluding hydrogens is 210 g/mol. The Balaban J connectivity index is 1.90. The molecule has 1 saturated heterocycles. The number of hydrogen-bond donors (Lipinski definition) is 1. The van der Waals surface area contributed by atoms with Crippen molar-refractivity contribution in [1.82, 2.24) is 5.32 Å². The van der Waals surface area contributed by atoms with Crippen LogP contribution in [0.25, 0.3) is 0 Å². The predicted octanol–water partition coefficient (Wildman–Crippen LogP) is 2.06. The Morgan fingerprint density at radius 3 is 2.73 bits per heavy atom. The molecule has 2 rings (SSSR count). The zero-order valence-electron chi connectivity index (χ0n) is 8.50. The van der Waals surface area contributed by atoms with Crippen LogP contribution in [0.4, 0.5) is 0 Å². The lowest BCUT2D eigenvalue weighted by Crippen LogP contribution is -2.43. The van der Waals surface area contributed by atoms with E-state index in [0.717, 1.165) is 18.7 Å². The number of carbonyl (C=O) groups is 1. The molecule has 1 aromatic rings. The van der Waals surface area contributed by atoms with E-state index in [1.54, 1.807) is 0 Å². The van der Waals surface area contributed by atoms with Gasteiger partial charge in [-0.3, -0.25) is 4.79 Å². The largest absolute Gasteiger partial charge is 0.316 e. The third-order valence-electron chi connectivity index (χ3n) is 2.73. The minimum Gasteiger partial charge on any atom is -0.316 e. The number of carbonyl (C=O) groups excluding carboxylic acids is 1. The average Bonchev–Trinajstić information content (AvgIpc) is 2.16. The fraction of sp³-hybridized carbons (Fsp3) is 0.417. The molecule has 0 atom stereocenters. The molecular formula is C12H14ClNO. The van der Waals surface area contributed by atoms with E-state index < -0.39 is 0 Å². The van der Waals surface area contributed by atoms with Gasteiger partial charge in [-0.05, 0) is 30.6 Å². The topological polar surface area (TPSA) is 29.1 Å². The van der Waals surface area contributed by atoms with Gasteiger partial charge in [0.2, 0.25) is 0 Å². The first-order chi connectivity index (χ1) is 7.25. The number of hydrogen-bond acceptors (Lipinski definition) is 2. The first-order valence-electron chi connectivity index (χ1n) is 5.21. The third-order valence-corrected chi connectivity index (χ3v) is 3.10. The second-order valence-electron chi connectivity index (χ2n) is 4.04. The zero-order chi connectivity index (χ0) is 10.7. The summed E-state index contributed by atoms with van der Waals surface area (Å²) in [6, 6.07) is 7.54. The molecule has 0 spiro atoms. The molecule has 1 N–H and O–H groups in total. The van der Waals surface area contributed by atoms with Gasteiger partial charge in [0.1, 0.15) is 5.78 Å². The highest BCUT2D eigenvalue weighted by molar-refractivity contribution is 6.31. The Hall–Kier alpha value is -0.860. The van der Waals surface area contributed by atoms with Crippen LogP contribution in [0, 0.1) is 5.92 Å². The van der Waals surface area contributed by atoms with E-state index in [0.29, 0.717) is 23.8 Å². The van der Waals surface area contributed by atoms with Crippen LogP contribution >= 0.6 is 11.6 Å². The van der Waals surface area contributed by atoms with Gasteiger partial charge < -0.3 is 5.32 Å². The van der Waals surface area contributed by atoms with Gasteiger partial charge >= 0.3 is 0 Å². The highest BCUT2D eigenvalue weighted by Gasteiger charge is 2.20. The maximum absolute atomic E-state index is 11.7. The predicted molar refractivity (Wildman–Crippen MR) is 61.1 cm³/mol. The minimum atomic E-state index is 0.287. The monoisotopic (exact) mass is 223 g/mol. The van der Waals surface area contributed by atoms with Gasteiger partial charge in [-0.25, -0.2) is 0 Å². The summed E-state index contributed by atoms with van der Waals surface area (Å²) in [4.78, 5) is 11.7. The zero-order valence-corrected chi connectivity index (χ0v) is 9.26. The Morgan fingerprint density at radius 2 is 2.13 bits per heavy atom. The van der Waals surface area contributed by atoms with Gasteiger partial charge in [-0.1, -0.05) is 29.8 Å². The molecule has 80 valence electrons. The van der Waals surface area contributed by atoms with Gasteiger partial charge in [0.05, 0.1) is 0 Å². The maximum Gasteiger partial charge on any atom is 0.137 e. The molecule has 15 heavy (non-hydrogen) atoms. The van der Waals surface area contributed by atoms with Crippen LogP contribution in [0.2, 0.25) is 5.02 Å². The lowest BCUT2D eigenvalue weighted by molar-refractivity contribution is -0.119. The fourth-order valence-corrected chi connectivity index (χ4v) is 1.94. The van der Waals surface area contributed by atoms with Crippen molar-refractivity contribution < 1.29 is 4.79 Å². The lowest BCUT2D eigenvalue weighted by Gasteiger charge is -2.26. The van der Waals surface area contributed by atoms with Gasteiger partial charge in [0, 0.05) is 17.9 Å². The van der Waals surface area contributed by atoms with Crippen LogP contribution in [0.1, 0.15) is 12.0 Å². The highest BCUT2D eigenvalue weighted by atomic mass is 35.5. The number of halogens is 1. The van der Waals surface area contributed by atoms with Crippen molar-refractivity contribution in [2.75, 3.05) is 13.1 Å². The number of rotatable bonds is 4. The van der Waals surface area contributed by atoms with E-state index in [9.17, 15) is 4.79 Å². The van der Waals surface area contributed by atoms with Crippen molar-refractivity contribution in [3.63, 3.8) is 0 Å². The van der Waals surface area contributed by atoms with Crippen molar-refractivity contribution in [2.45, 2.75) is 12.8 Å². The molecule has 1 fully saturated rings. The number of nitrogens with one attached hydrogen (secondary N) is 1. The van der Waals surface area contributed by atoms with Crippen molar-refractivity contribution in [3.05, 3.63) is 34.9 Å². The normalized spacial score (nSPS) is 16.1. The Bertz CT molecular complexity index is 360. The molecule has 0 saturated carbocycles. The summed E-state index contributed by atoms with van der Waals surface area (Å²) in [6.45, 7) is 1.96. The molecule has 2 nitrogen and oxygen atoms in total. The number of ketones is 1. The summed E-state index contributed by atoms with van der Waals surface area (Å²) in [7, 11) is 0. The Kier molecular flexibility index (Phi) is 3.39. The van der Waals surface area contributed by atoms with Gasteiger partial charge in [-0.2, -0.15) is 0 Å². The van der Waals surface area contributed by atoms with Crippen LogP contribution in [-0.4, -0.2) is 18.9 Å². The van der Waals surface area contributed by atoms with E-state index in [1.165, 1.54) is 0 Å². The summed E-state index contributed by atoms with van der Waals surface area (Å²) in [5.74, 6) is 0.828. The van der Waals surface area contributed by atoms with E-state index in [2.05, 4.69) is 5.32 Å². The van der Waals surface area contributed by atoms with Gasteiger partial charge in [0.15, 0.2) is 0 Å².